The second kappa shape index (κ2) is 6.51. The molecular formula is C12H14ClN3O5S. The lowest BCUT2D eigenvalue weighted by molar-refractivity contribution is -0.120. The van der Waals surface area contributed by atoms with E-state index in [1.54, 1.807) is 0 Å². The number of carbonyl (C=O) groups is 2. The van der Waals surface area contributed by atoms with E-state index < -0.39 is 28.0 Å². The lowest BCUT2D eigenvalue weighted by Crippen LogP contribution is -2.34. The van der Waals surface area contributed by atoms with Crippen molar-refractivity contribution in [3.63, 3.8) is 0 Å². The number of ether oxygens (including phenoxy) is 1. The summed E-state index contributed by atoms with van der Waals surface area (Å²) in [6.45, 7) is -0.00958. The summed E-state index contributed by atoms with van der Waals surface area (Å²) in [5.41, 5.74) is 0. The molecule has 0 bridgehead atoms. The van der Waals surface area contributed by atoms with Gasteiger partial charge in [0.1, 0.15) is 11.8 Å². The molecule has 1 fully saturated rings. The third kappa shape index (κ3) is 3.67. The van der Waals surface area contributed by atoms with Crippen LogP contribution < -0.4 is 20.1 Å². The van der Waals surface area contributed by atoms with Crippen molar-refractivity contribution in [2.24, 2.45) is 0 Å². The highest BCUT2D eigenvalue weighted by Crippen LogP contribution is 2.26. The second-order valence-electron chi connectivity index (χ2n) is 4.50. The molecule has 1 aromatic carbocycles. The average Bonchev–Trinajstić information content (AvgIpc) is 2.76. The Morgan fingerprint density at radius 3 is 2.64 bits per heavy atom. The molecule has 1 heterocycles. The molecule has 22 heavy (non-hydrogen) atoms. The van der Waals surface area contributed by atoms with Gasteiger partial charge in [0.05, 0.1) is 17.0 Å². The van der Waals surface area contributed by atoms with Crippen LogP contribution in [0.1, 0.15) is 6.42 Å². The quantitative estimate of drug-likeness (QED) is 0.637. The van der Waals surface area contributed by atoms with Gasteiger partial charge in [-0.05, 0) is 24.6 Å². The summed E-state index contributed by atoms with van der Waals surface area (Å²) in [5.74, 6) is -0.109. The number of hydrogen-bond acceptors (Lipinski definition) is 5. The molecule has 1 aliphatic rings. The molecule has 3 N–H and O–H groups in total. The van der Waals surface area contributed by atoms with Crippen molar-refractivity contribution in [2.75, 3.05) is 13.7 Å². The minimum absolute atomic E-state index is 0.00958. The normalized spacial score (nSPS) is 18.0. The maximum atomic E-state index is 12.1. The van der Waals surface area contributed by atoms with Gasteiger partial charge in [0.15, 0.2) is 0 Å². The maximum Gasteiger partial charge on any atom is 0.322 e. The predicted molar refractivity (Wildman–Crippen MR) is 78.3 cm³/mol. The van der Waals surface area contributed by atoms with E-state index in [1.807, 2.05) is 0 Å². The first-order valence-corrected chi connectivity index (χ1v) is 8.14. The standard InChI is InChI=1S/C12H14ClN3O5S/c1-21-10-3-2-7(6-8(10)13)22(19,20)14-5-4-9-11(17)16-12(18)15-9/h2-3,6,9,14H,4-5H2,1H3,(H2,15,16,17,18). The average molecular weight is 348 g/mol. The van der Waals surface area contributed by atoms with E-state index >= 15 is 0 Å². The zero-order valence-electron chi connectivity index (χ0n) is 11.6. The highest BCUT2D eigenvalue weighted by atomic mass is 35.5. The summed E-state index contributed by atoms with van der Waals surface area (Å²) in [6, 6.07) is 2.75. The molecule has 1 aromatic rings. The largest absolute Gasteiger partial charge is 0.495 e. The predicted octanol–water partition coefficient (Wildman–Crippen LogP) is 0.225. The Kier molecular flexibility index (Phi) is 4.89. The van der Waals surface area contributed by atoms with Gasteiger partial charge in [0, 0.05) is 6.54 Å². The van der Waals surface area contributed by atoms with Crippen molar-refractivity contribution >= 4 is 33.6 Å². The minimum atomic E-state index is -3.76. The van der Waals surface area contributed by atoms with Crippen LogP contribution in [0.15, 0.2) is 23.1 Å². The molecule has 0 aromatic heterocycles. The number of urea groups is 1. The number of imide groups is 1. The number of amides is 3. The Hall–Kier alpha value is -1.84. The first kappa shape index (κ1) is 16.5. The molecule has 0 aliphatic carbocycles. The smallest absolute Gasteiger partial charge is 0.322 e. The Balaban J connectivity index is 1.98. The molecule has 2 rings (SSSR count). The van der Waals surface area contributed by atoms with Crippen molar-refractivity contribution in [3.8, 4) is 5.75 Å². The van der Waals surface area contributed by atoms with Crippen molar-refractivity contribution in [3.05, 3.63) is 23.2 Å². The van der Waals surface area contributed by atoms with Gasteiger partial charge in [-0.1, -0.05) is 11.6 Å². The Bertz CT molecular complexity index is 707. The molecule has 1 unspecified atom stereocenters. The number of hydrogen-bond donors (Lipinski definition) is 3. The number of nitrogens with one attached hydrogen (secondary N) is 3. The number of methoxy groups -OCH3 is 1. The Morgan fingerprint density at radius 1 is 1.36 bits per heavy atom. The topological polar surface area (TPSA) is 114 Å². The number of halogens is 1. The molecule has 0 radical (unpaired) electrons. The van der Waals surface area contributed by atoms with E-state index in [4.69, 9.17) is 16.3 Å². The van der Waals surface area contributed by atoms with Crippen LogP contribution in [-0.2, 0) is 14.8 Å². The molecule has 8 nitrogen and oxygen atoms in total. The van der Waals surface area contributed by atoms with Crippen molar-refractivity contribution in [1.82, 2.24) is 15.4 Å². The third-order valence-corrected chi connectivity index (χ3v) is 4.77. The third-order valence-electron chi connectivity index (χ3n) is 3.02. The fraction of sp³-hybridized carbons (Fsp3) is 0.333. The summed E-state index contributed by atoms with van der Waals surface area (Å²) < 4.78 is 31.5. The zero-order valence-corrected chi connectivity index (χ0v) is 13.1. The van der Waals surface area contributed by atoms with Crippen molar-refractivity contribution in [1.29, 1.82) is 0 Å². The van der Waals surface area contributed by atoms with Gasteiger partial charge in [-0.15, -0.1) is 0 Å². The van der Waals surface area contributed by atoms with Gasteiger partial charge >= 0.3 is 6.03 Å². The van der Waals surface area contributed by atoms with Gasteiger partial charge in [-0.25, -0.2) is 17.9 Å². The summed E-state index contributed by atoms with van der Waals surface area (Å²) in [6.07, 6.45) is 0.140. The van der Waals surface area contributed by atoms with E-state index in [0.29, 0.717) is 5.75 Å². The lowest BCUT2D eigenvalue weighted by Gasteiger charge is -2.10. The zero-order chi connectivity index (χ0) is 16.3. The highest BCUT2D eigenvalue weighted by Gasteiger charge is 2.29. The number of sulfonamides is 1. The van der Waals surface area contributed by atoms with Crippen molar-refractivity contribution < 1.29 is 22.7 Å². The van der Waals surface area contributed by atoms with Gasteiger partial charge in [0.25, 0.3) is 5.91 Å². The molecule has 1 aliphatic heterocycles. The van der Waals surface area contributed by atoms with Crippen LogP contribution in [0.5, 0.6) is 5.75 Å². The molecule has 1 saturated heterocycles. The highest BCUT2D eigenvalue weighted by molar-refractivity contribution is 7.89. The van der Waals surface area contributed by atoms with E-state index in [0.717, 1.165) is 0 Å². The fourth-order valence-electron chi connectivity index (χ4n) is 1.90. The SMILES string of the molecule is COc1ccc(S(=O)(=O)NCCC2NC(=O)NC2=O)cc1Cl. The van der Waals surface area contributed by atoms with Crippen molar-refractivity contribution in [2.45, 2.75) is 17.4 Å². The molecule has 1 atom stereocenters. The maximum absolute atomic E-state index is 12.1. The van der Waals surface area contributed by atoms with Crippen LogP contribution >= 0.6 is 11.6 Å². The van der Waals surface area contributed by atoms with Crippen LogP contribution in [-0.4, -0.2) is 40.1 Å². The summed E-state index contributed by atoms with van der Waals surface area (Å²) in [5, 5.41) is 4.62. The van der Waals surface area contributed by atoms with Crippen LogP contribution in [0, 0.1) is 0 Å². The van der Waals surface area contributed by atoms with Gasteiger partial charge in [0.2, 0.25) is 10.0 Å². The Morgan fingerprint density at radius 2 is 2.09 bits per heavy atom. The van der Waals surface area contributed by atoms with Gasteiger partial charge < -0.3 is 10.1 Å². The number of carbonyl (C=O) groups excluding carboxylic acids is 2. The Labute approximate surface area is 132 Å². The van der Waals surface area contributed by atoms with E-state index in [-0.39, 0.29) is 22.9 Å². The summed E-state index contributed by atoms with van der Waals surface area (Å²) in [7, 11) is -2.34. The molecule has 120 valence electrons. The van der Waals surface area contributed by atoms with Gasteiger partial charge in [-0.2, -0.15) is 0 Å². The van der Waals surface area contributed by atoms with E-state index in [9.17, 15) is 18.0 Å². The molecule has 3 amide bonds. The monoisotopic (exact) mass is 347 g/mol. The van der Waals surface area contributed by atoms with E-state index in [1.165, 1.54) is 25.3 Å². The summed E-state index contributed by atoms with van der Waals surface area (Å²) in [4.78, 5) is 22.2. The number of benzene rings is 1. The second-order valence-corrected chi connectivity index (χ2v) is 6.67. The van der Waals surface area contributed by atoms with Gasteiger partial charge in [-0.3, -0.25) is 10.1 Å². The molecule has 10 heteroatoms. The van der Waals surface area contributed by atoms with Crippen LogP contribution in [0.4, 0.5) is 4.79 Å². The van der Waals surface area contributed by atoms with Crippen LogP contribution in [0.3, 0.4) is 0 Å². The minimum Gasteiger partial charge on any atom is -0.495 e. The lowest BCUT2D eigenvalue weighted by atomic mass is 10.2. The number of rotatable bonds is 6. The first-order valence-electron chi connectivity index (χ1n) is 6.28. The molecular weight excluding hydrogens is 334 g/mol. The van der Waals surface area contributed by atoms with Crippen LogP contribution in [0.2, 0.25) is 5.02 Å². The van der Waals surface area contributed by atoms with Crippen LogP contribution in [0.25, 0.3) is 0 Å². The molecule has 0 saturated carbocycles. The summed E-state index contributed by atoms with van der Waals surface area (Å²) >= 11 is 5.89. The molecule has 0 spiro atoms. The fourth-order valence-corrected chi connectivity index (χ4v) is 3.29. The first-order chi connectivity index (χ1) is 10.3. The van der Waals surface area contributed by atoms with E-state index in [2.05, 4.69) is 15.4 Å².